The fourth-order valence-electron chi connectivity index (χ4n) is 2.18. The number of furan rings is 1. The average molecular weight is 379 g/mol. The predicted octanol–water partition coefficient (Wildman–Crippen LogP) is 2.96. The van der Waals surface area contributed by atoms with Gasteiger partial charge in [-0.25, -0.2) is 8.42 Å². The highest BCUT2D eigenvalue weighted by atomic mass is 79.9. The minimum absolute atomic E-state index is 0.0605. The summed E-state index contributed by atoms with van der Waals surface area (Å²) in [5.74, 6) is 1.13. The summed E-state index contributed by atoms with van der Waals surface area (Å²) in [6, 6.07) is 1.55. The van der Waals surface area contributed by atoms with Crippen molar-refractivity contribution in [2.24, 2.45) is 5.92 Å². The number of hydrogen-bond donors (Lipinski definition) is 1. The first-order valence-corrected chi connectivity index (χ1v) is 9.60. The van der Waals surface area contributed by atoms with E-state index in [1.54, 1.807) is 10.4 Å². The van der Waals surface area contributed by atoms with Gasteiger partial charge in [-0.15, -0.1) is 0 Å². The van der Waals surface area contributed by atoms with Crippen molar-refractivity contribution in [1.82, 2.24) is 9.62 Å². The molecule has 0 unspecified atom stereocenters. The van der Waals surface area contributed by atoms with Gasteiger partial charge in [0.2, 0.25) is 10.0 Å². The van der Waals surface area contributed by atoms with Crippen molar-refractivity contribution in [2.75, 3.05) is 13.1 Å². The van der Waals surface area contributed by atoms with Crippen molar-refractivity contribution in [3.63, 3.8) is 0 Å². The van der Waals surface area contributed by atoms with E-state index >= 15 is 0 Å². The molecule has 0 radical (unpaired) electrons. The first-order valence-electron chi connectivity index (χ1n) is 7.37. The van der Waals surface area contributed by atoms with Gasteiger partial charge in [0.05, 0.1) is 6.54 Å². The minimum atomic E-state index is -3.53. The molecule has 21 heavy (non-hydrogen) atoms. The molecule has 0 spiro atoms. The molecule has 120 valence electrons. The topological polar surface area (TPSA) is 62.6 Å². The lowest BCUT2D eigenvalue weighted by molar-refractivity contribution is 0.341. The van der Waals surface area contributed by atoms with Gasteiger partial charge in [-0.05, 0) is 55.1 Å². The Morgan fingerprint density at radius 3 is 2.67 bits per heavy atom. The van der Waals surface area contributed by atoms with Crippen LogP contribution in [-0.4, -0.2) is 31.9 Å². The Morgan fingerprint density at radius 2 is 2.14 bits per heavy atom. The molecule has 0 aliphatic heterocycles. The molecule has 0 saturated heterocycles. The van der Waals surface area contributed by atoms with Crippen molar-refractivity contribution in [2.45, 2.75) is 51.1 Å². The summed E-state index contributed by atoms with van der Waals surface area (Å²) in [6.07, 6.45) is 2.24. The third-order valence-electron chi connectivity index (χ3n) is 3.55. The number of halogens is 1. The third-order valence-corrected chi connectivity index (χ3v) is 6.45. The van der Waals surface area contributed by atoms with E-state index in [0.717, 1.165) is 19.4 Å². The highest BCUT2D eigenvalue weighted by Gasteiger charge is 2.35. The zero-order valence-corrected chi connectivity index (χ0v) is 15.1. The van der Waals surface area contributed by atoms with Crippen molar-refractivity contribution < 1.29 is 12.8 Å². The lowest BCUT2D eigenvalue weighted by Gasteiger charge is -2.25. The fraction of sp³-hybridized carbons (Fsp3) is 0.714. The molecule has 1 N–H and O–H groups in total. The number of rotatable bonds is 8. The maximum atomic E-state index is 12.9. The molecule has 0 atom stereocenters. The largest absolute Gasteiger partial charge is 0.452 e. The summed E-state index contributed by atoms with van der Waals surface area (Å²) < 4.78 is 33.1. The molecular weight excluding hydrogens is 356 g/mol. The molecule has 1 aromatic rings. The molecule has 1 fully saturated rings. The van der Waals surface area contributed by atoms with Gasteiger partial charge in [0.15, 0.2) is 4.67 Å². The summed E-state index contributed by atoms with van der Waals surface area (Å²) in [4.78, 5) is 0.227. The van der Waals surface area contributed by atoms with E-state index in [4.69, 9.17) is 4.42 Å². The lowest BCUT2D eigenvalue weighted by atomic mass is 10.3. The van der Waals surface area contributed by atoms with Gasteiger partial charge in [0.25, 0.3) is 0 Å². The van der Waals surface area contributed by atoms with Gasteiger partial charge >= 0.3 is 0 Å². The number of hydrogen-bond acceptors (Lipinski definition) is 4. The second-order valence-corrected chi connectivity index (χ2v) is 8.32. The van der Waals surface area contributed by atoms with Crippen LogP contribution in [0.1, 0.15) is 39.4 Å². The van der Waals surface area contributed by atoms with Gasteiger partial charge < -0.3 is 9.73 Å². The first kappa shape index (κ1) is 17.0. The predicted molar refractivity (Wildman–Crippen MR) is 85.5 cm³/mol. The van der Waals surface area contributed by atoms with Crippen LogP contribution in [0.2, 0.25) is 0 Å². The van der Waals surface area contributed by atoms with Crippen molar-refractivity contribution in [3.8, 4) is 0 Å². The Kier molecular flexibility index (Phi) is 5.51. The summed E-state index contributed by atoms with van der Waals surface area (Å²) in [7, 11) is -3.53. The minimum Gasteiger partial charge on any atom is -0.452 e. The van der Waals surface area contributed by atoms with E-state index in [1.807, 2.05) is 20.8 Å². The quantitative estimate of drug-likeness (QED) is 0.755. The van der Waals surface area contributed by atoms with Crippen LogP contribution < -0.4 is 5.32 Å². The Hall–Kier alpha value is -0.370. The molecule has 7 heteroatoms. The summed E-state index contributed by atoms with van der Waals surface area (Å²) in [6.45, 7) is 7.74. The van der Waals surface area contributed by atoms with E-state index in [2.05, 4.69) is 21.2 Å². The second-order valence-electron chi connectivity index (χ2n) is 5.74. The Balaban J connectivity index is 2.25. The van der Waals surface area contributed by atoms with Crippen molar-refractivity contribution in [1.29, 1.82) is 0 Å². The monoisotopic (exact) mass is 378 g/mol. The molecule has 5 nitrogen and oxygen atoms in total. The van der Waals surface area contributed by atoms with Gasteiger partial charge in [-0.2, -0.15) is 4.31 Å². The Labute approximate surface area is 135 Å². The van der Waals surface area contributed by atoms with Crippen LogP contribution in [-0.2, 0) is 16.6 Å². The van der Waals surface area contributed by atoms with E-state index in [-0.39, 0.29) is 15.6 Å². The van der Waals surface area contributed by atoms with E-state index in [9.17, 15) is 8.42 Å². The fourth-order valence-corrected chi connectivity index (χ4v) is 4.85. The van der Waals surface area contributed by atoms with Gasteiger partial charge in [-0.3, -0.25) is 0 Å². The molecule has 1 aliphatic carbocycles. The molecule has 0 amide bonds. The highest BCUT2D eigenvalue weighted by Crippen LogP contribution is 2.35. The van der Waals surface area contributed by atoms with Crippen LogP contribution in [0.15, 0.2) is 20.0 Å². The number of nitrogens with zero attached hydrogens (tertiary/aromatic N) is 1. The normalized spacial score (nSPS) is 16.1. The maximum Gasteiger partial charge on any atom is 0.247 e. The molecular formula is C14H23BrN2O3S. The van der Waals surface area contributed by atoms with Crippen molar-refractivity contribution in [3.05, 3.63) is 16.5 Å². The SMILES string of the molecule is CCNCc1cc(S(=O)(=O)N(CC2CC2)C(C)C)c(Br)o1. The Morgan fingerprint density at radius 1 is 1.48 bits per heavy atom. The van der Waals surface area contributed by atoms with E-state index < -0.39 is 10.0 Å². The third kappa shape index (κ3) is 4.09. The molecule has 1 heterocycles. The standard InChI is InChI=1S/C14H23BrN2O3S/c1-4-16-8-12-7-13(14(15)20-12)21(18,19)17(10(2)3)9-11-5-6-11/h7,10-11,16H,4-6,8-9H2,1-3H3. The average Bonchev–Trinajstić information content (AvgIpc) is 3.15. The van der Waals surface area contributed by atoms with Crippen LogP contribution in [0, 0.1) is 5.92 Å². The number of nitrogens with one attached hydrogen (secondary N) is 1. The zero-order valence-electron chi connectivity index (χ0n) is 12.7. The lowest BCUT2D eigenvalue weighted by Crippen LogP contribution is -2.38. The summed E-state index contributed by atoms with van der Waals surface area (Å²) in [5.41, 5.74) is 0. The van der Waals surface area contributed by atoms with Crippen LogP contribution in [0.5, 0.6) is 0 Å². The molecule has 2 rings (SSSR count). The van der Waals surface area contributed by atoms with Crippen LogP contribution in [0.4, 0.5) is 0 Å². The molecule has 0 bridgehead atoms. The summed E-state index contributed by atoms with van der Waals surface area (Å²) >= 11 is 3.24. The van der Waals surface area contributed by atoms with E-state index in [1.165, 1.54) is 0 Å². The van der Waals surface area contributed by atoms with Gasteiger partial charge in [0, 0.05) is 18.7 Å². The molecule has 1 aromatic heterocycles. The van der Waals surface area contributed by atoms with E-state index in [0.29, 0.717) is 24.8 Å². The van der Waals surface area contributed by atoms with Crippen molar-refractivity contribution >= 4 is 26.0 Å². The number of sulfonamides is 1. The second kappa shape index (κ2) is 6.81. The highest BCUT2D eigenvalue weighted by molar-refractivity contribution is 9.10. The zero-order chi connectivity index (χ0) is 15.6. The first-order chi connectivity index (χ1) is 9.86. The molecule has 0 aromatic carbocycles. The van der Waals surface area contributed by atoms with Gasteiger partial charge in [-0.1, -0.05) is 6.92 Å². The van der Waals surface area contributed by atoms with Crippen LogP contribution in [0.3, 0.4) is 0 Å². The molecule has 1 saturated carbocycles. The smallest absolute Gasteiger partial charge is 0.247 e. The summed E-state index contributed by atoms with van der Waals surface area (Å²) in [5, 5.41) is 3.13. The molecule has 1 aliphatic rings. The maximum absolute atomic E-state index is 12.9. The van der Waals surface area contributed by atoms with Gasteiger partial charge in [0.1, 0.15) is 10.7 Å². The van der Waals surface area contributed by atoms with Crippen LogP contribution >= 0.6 is 15.9 Å². The van der Waals surface area contributed by atoms with Crippen LogP contribution in [0.25, 0.3) is 0 Å². The Bertz CT molecular complexity index is 579.